The van der Waals surface area contributed by atoms with Gasteiger partial charge in [-0.05, 0) is 62.6 Å². The lowest BCUT2D eigenvalue weighted by Gasteiger charge is -2.25. The molecule has 148 valence electrons. The second-order valence-corrected chi connectivity index (χ2v) is 8.06. The first-order valence-corrected chi connectivity index (χ1v) is 9.77. The Kier molecular flexibility index (Phi) is 4.62. The normalized spacial score (nSPS) is 16.3. The van der Waals surface area contributed by atoms with E-state index in [1.165, 1.54) is 0 Å². The average Bonchev–Trinajstić information content (AvgIpc) is 3.21. The van der Waals surface area contributed by atoms with Crippen LogP contribution in [-0.2, 0) is 19.5 Å². The zero-order valence-electron chi connectivity index (χ0n) is 16.7. The van der Waals surface area contributed by atoms with E-state index < -0.39 is 0 Å². The summed E-state index contributed by atoms with van der Waals surface area (Å²) in [5.41, 5.74) is 3.34. The molecule has 2 aliphatic heterocycles. The lowest BCUT2D eigenvalue weighted by Crippen LogP contribution is -2.35. The Morgan fingerprint density at radius 2 is 1.72 bits per heavy atom. The van der Waals surface area contributed by atoms with Gasteiger partial charge in [-0.2, -0.15) is 5.26 Å². The molecule has 0 saturated heterocycles. The van der Waals surface area contributed by atoms with Gasteiger partial charge in [0.2, 0.25) is 0 Å². The molecule has 2 aromatic rings. The Bertz CT molecular complexity index is 1070. The molecule has 6 heteroatoms. The average molecular weight is 391 g/mol. The highest BCUT2D eigenvalue weighted by atomic mass is 19.1. The lowest BCUT2D eigenvalue weighted by molar-refractivity contribution is 0.0712. The second kappa shape index (κ2) is 7.00. The number of benzene rings is 2. The van der Waals surface area contributed by atoms with Crippen molar-refractivity contribution in [2.75, 3.05) is 0 Å². The second-order valence-electron chi connectivity index (χ2n) is 8.06. The Balaban J connectivity index is 1.56. The molecule has 1 unspecified atom stereocenters. The van der Waals surface area contributed by atoms with Crippen LogP contribution in [0, 0.1) is 17.1 Å². The first-order valence-electron chi connectivity index (χ1n) is 9.77. The molecular weight excluding hydrogens is 369 g/mol. The molecule has 2 aromatic carbocycles. The summed E-state index contributed by atoms with van der Waals surface area (Å²) in [6.45, 7) is 6.42. The quantitative estimate of drug-likeness (QED) is 0.799. The highest BCUT2D eigenvalue weighted by Gasteiger charge is 2.34. The highest BCUT2D eigenvalue weighted by molar-refractivity contribution is 5.99. The van der Waals surface area contributed by atoms with E-state index in [1.807, 2.05) is 20.8 Å². The number of hydrogen-bond acceptors (Lipinski definition) is 3. The minimum atomic E-state index is -0.346. The van der Waals surface area contributed by atoms with E-state index in [1.54, 1.807) is 40.1 Å². The molecule has 4 rings (SSSR count). The predicted octanol–water partition coefficient (Wildman–Crippen LogP) is 3.65. The van der Waals surface area contributed by atoms with E-state index in [9.17, 15) is 9.59 Å². The molecule has 1 atom stereocenters. The molecule has 0 aromatic heterocycles. The molecule has 0 aliphatic carbocycles. The first-order chi connectivity index (χ1) is 13.8. The van der Waals surface area contributed by atoms with Crippen molar-refractivity contribution in [2.45, 2.75) is 52.4 Å². The van der Waals surface area contributed by atoms with Gasteiger partial charge in [-0.15, -0.1) is 0 Å². The van der Waals surface area contributed by atoms with E-state index >= 15 is 4.39 Å². The molecule has 2 amide bonds. The molecule has 0 saturated carbocycles. The van der Waals surface area contributed by atoms with Gasteiger partial charge in [-0.1, -0.05) is 6.07 Å². The molecular formula is C23H22FN3O2. The summed E-state index contributed by atoms with van der Waals surface area (Å²) in [6.07, 6.45) is 0.361. The van der Waals surface area contributed by atoms with Crippen LogP contribution in [0.3, 0.4) is 0 Å². The van der Waals surface area contributed by atoms with Crippen molar-refractivity contribution < 1.29 is 14.0 Å². The van der Waals surface area contributed by atoms with Gasteiger partial charge in [-0.25, -0.2) is 4.39 Å². The van der Waals surface area contributed by atoms with Gasteiger partial charge in [0.25, 0.3) is 11.8 Å². The minimum Gasteiger partial charge on any atom is -0.332 e. The zero-order chi connectivity index (χ0) is 20.9. The first kappa shape index (κ1) is 19.1. The van der Waals surface area contributed by atoms with E-state index in [4.69, 9.17) is 5.26 Å². The fourth-order valence-electron chi connectivity index (χ4n) is 4.19. The number of carbonyl (C=O) groups is 2. The van der Waals surface area contributed by atoms with Crippen LogP contribution in [-0.4, -0.2) is 33.7 Å². The van der Waals surface area contributed by atoms with Crippen LogP contribution in [0.1, 0.15) is 63.7 Å². The minimum absolute atomic E-state index is 0.00991. The number of hydrogen-bond donors (Lipinski definition) is 0. The van der Waals surface area contributed by atoms with Crippen LogP contribution >= 0.6 is 0 Å². The van der Waals surface area contributed by atoms with Gasteiger partial charge in [0.1, 0.15) is 5.82 Å². The van der Waals surface area contributed by atoms with Crippen LogP contribution < -0.4 is 0 Å². The number of amides is 2. The van der Waals surface area contributed by atoms with Gasteiger partial charge in [0.15, 0.2) is 0 Å². The molecule has 2 heterocycles. The molecule has 29 heavy (non-hydrogen) atoms. The van der Waals surface area contributed by atoms with E-state index in [0.717, 1.165) is 5.56 Å². The molecule has 0 radical (unpaired) electrons. The van der Waals surface area contributed by atoms with Crippen LogP contribution in [0.25, 0.3) is 0 Å². The van der Waals surface area contributed by atoms with Gasteiger partial charge >= 0.3 is 0 Å². The van der Waals surface area contributed by atoms with Crippen molar-refractivity contribution in [1.29, 1.82) is 5.26 Å². The molecule has 5 nitrogen and oxygen atoms in total. The third-order valence-electron chi connectivity index (χ3n) is 5.88. The summed E-state index contributed by atoms with van der Waals surface area (Å²) >= 11 is 0. The third kappa shape index (κ3) is 3.07. The van der Waals surface area contributed by atoms with E-state index in [2.05, 4.69) is 6.07 Å². The molecule has 0 spiro atoms. The topological polar surface area (TPSA) is 64.4 Å². The fourth-order valence-corrected chi connectivity index (χ4v) is 4.19. The summed E-state index contributed by atoms with van der Waals surface area (Å²) in [5, 5.41) is 9.07. The number of fused-ring (bicyclic) bond motifs is 2. The van der Waals surface area contributed by atoms with E-state index in [0.29, 0.717) is 40.8 Å². The van der Waals surface area contributed by atoms with Crippen LogP contribution in [0.15, 0.2) is 30.3 Å². The highest BCUT2D eigenvalue weighted by Crippen LogP contribution is 2.31. The lowest BCUT2D eigenvalue weighted by atomic mass is 9.99. The Morgan fingerprint density at radius 1 is 1.03 bits per heavy atom. The summed E-state index contributed by atoms with van der Waals surface area (Å²) in [5.74, 6) is -0.575. The number of halogens is 1. The van der Waals surface area contributed by atoms with Crippen LogP contribution in [0.2, 0.25) is 0 Å². The van der Waals surface area contributed by atoms with Crippen molar-refractivity contribution in [1.82, 2.24) is 9.80 Å². The van der Waals surface area contributed by atoms with Crippen LogP contribution in [0.5, 0.6) is 0 Å². The molecule has 0 bridgehead atoms. The monoisotopic (exact) mass is 391 g/mol. The molecule has 0 fully saturated rings. The van der Waals surface area contributed by atoms with E-state index in [-0.39, 0.29) is 36.3 Å². The van der Waals surface area contributed by atoms with Crippen molar-refractivity contribution in [3.8, 4) is 6.07 Å². The predicted molar refractivity (Wildman–Crippen MR) is 106 cm³/mol. The summed E-state index contributed by atoms with van der Waals surface area (Å²) in [4.78, 5) is 28.6. The Hall–Kier alpha value is -3.20. The Morgan fingerprint density at radius 3 is 2.41 bits per heavy atom. The van der Waals surface area contributed by atoms with Crippen LogP contribution in [0.4, 0.5) is 4.39 Å². The SMILES string of the molecule is CC(C)N1Cc2c(ccc(CC(C)N3Cc4cc(C#N)ccc4C3=O)c2F)C1=O. The van der Waals surface area contributed by atoms with Crippen molar-refractivity contribution >= 4 is 11.8 Å². The van der Waals surface area contributed by atoms with Gasteiger partial charge in [-0.3, -0.25) is 9.59 Å². The smallest absolute Gasteiger partial charge is 0.254 e. The van der Waals surface area contributed by atoms with Gasteiger partial charge in [0, 0.05) is 41.9 Å². The maximum atomic E-state index is 15.2. The number of nitrogens with zero attached hydrogens (tertiary/aromatic N) is 3. The number of carbonyl (C=O) groups excluding carboxylic acids is 2. The maximum absolute atomic E-state index is 15.2. The summed E-state index contributed by atoms with van der Waals surface area (Å²) in [7, 11) is 0. The Labute approximate surface area is 169 Å². The number of rotatable bonds is 4. The number of nitriles is 1. The summed E-state index contributed by atoms with van der Waals surface area (Å²) in [6, 6.07) is 10.3. The van der Waals surface area contributed by atoms with Gasteiger partial charge in [0.05, 0.1) is 11.6 Å². The maximum Gasteiger partial charge on any atom is 0.254 e. The zero-order valence-corrected chi connectivity index (χ0v) is 16.7. The fraction of sp³-hybridized carbons (Fsp3) is 0.348. The third-order valence-corrected chi connectivity index (χ3v) is 5.88. The van der Waals surface area contributed by atoms with Crippen molar-refractivity contribution in [2.24, 2.45) is 0 Å². The largest absolute Gasteiger partial charge is 0.332 e. The van der Waals surface area contributed by atoms with Gasteiger partial charge < -0.3 is 9.80 Å². The molecule has 2 aliphatic rings. The van der Waals surface area contributed by atoms with Crippen molar-refractivity contribution in [3.05, 3.63) is 69.5 Å². The summed E-state index contributed by atoms with van der Waals surface area (Å²) < 4.78 is 15.2. The molecule has 0 N–H and O–H groups in total. The van der Waals surface area contributed by atoms with Crippen molar-refractivity contribution in [3.63, 3.8) is 0 Å². The standard InChI is InChI=1S/C23H22FN3O2/c1-13(2)26-12-20-19(23(26)29)7-5-16(21(20)24)8-14(3)27-11-17-9-15(10-25)4-6-18(17)22(27)28/h4-7,9,13-14H,8,11-12H2,1-3H3.